The number of anilines is 1. The van der Waals surface area contributed by atoms with Crippen LogP contribution in [0.4, 0.5) is 5.69 Å². The number of rotatable bonds is 4. The first-order valence-corrected chi connectivity index (χ1v) is 7.14. The largest absolute Gasteiger partial charge is 0.497 e. The summed E-state index contributed by atoms with van der Waals surface area (Å²) in [7, 11) is 3.09. The molecule has 1 amide bonds. The van der Waals surface area contributed by atoms with E-state index in [0.29, 0.717) is 17.1 Å². The predicted octanol–water partition coefficient (Wildman–Crippen LogP) is 4.03. The Bertz CT molecular complexity index is 671. The van der Waals surface area contributed by atoms with Crippen molar-refractivity contribution in [2.45, 2.75) is 6.92 Å². The van der Waals surface area contributed by atoms with Crippen LogP contribution in [0.1, 0.15) is 15.9 Å². The fourth-order valence-corrected chi connectivity index (χ4v) is 2.16. The molecule has 0 radical (unpaired) electrons. The fraction of sp³-hybridized carbons (Fsp3) is 0.188. The minimum absolute atomic E-state index is 0.243. The average Bonchev–Trinajstić information content (AvgIpc) is 2.50. The maximum Gasteiger partial charge on any atom is 0.259 e. The molecule has 0 saturated carbocycles. The highest BCUT2D eigenvalue weighted by atomic mass is 79.9. The molecule has 4 nitrogen and oxygen atoms in total. The molecule has 0 atom stereocenters. The maximum absolute atomic E-state index is 12.4. The Kier molecular flexibility index (Phi) is 4.85. The van der Waals surface area contributed by atoms with Crippen LogP contribution < -0.4 is 14.8 Å². The third-order valence-electron chi connectivity index (χ3n) is 3.07. The van der Waals surface area contributed by atoms with Crippen molar-refractivity contribution in [2.75, 3.05) is 19.5 Å². The molecule has 5 heteroatoms. The number of methoxy groups -OCH3 is 2. The van der Waals surface area contributed by atoms with E-state index in [0.717, 1.165) is 15.7 Å². The van der Waals surface area contributed by atoms with Crippen LogP contribution >= 0.6 is 15.9 Å². The second kappa shape index (κ2) is 6.63. The number of benzene rings is 2. The van der Waals surface area contributed by atoms with Gasteiger partial charge >= 0.3 is 0 Å². The van der Waals surface area contributed by atoms with E-state index in [2.05, 4.69) is 21.2 Å². The molecule has 0 aliphatic rings. The lowest BCUT2D eigenvalue weighted by atomic mass is 10.1. The van der Waals surface area contributed by atoms with Crippen molar-refractivity contribution in [3.63, 3.8) is 0 Å². The third kappa shape index (κ3) is 3.55. The molecular formula is C16H16BrNO3. The lowest BCUT2D eigenvalue weighted by Gasteiger charge is -2.11. The molecule has 2 aromatic rings. The van der Waals surface area contributed by atoms with Crippen LogP contribution in [-0.2, 0) is 0 Å². The molecule has 2 aromatic carbocycles. The van der Waals surface area contributed by atoms with Crippen molar-refractivity contribution < 1.29 is 14.3 Å². The van der Waals surface area contributed by atoms with Gasteiger partial charge in [0.2, 0.25) is 0 Å². The van der Waals surface area contributed by atoms with Gasteiger partial charge in [-0.1, -0.05) is 15.9 Å². The van der Waals surface area contributed by atoms with E-state index in [1.165, 1.54) is 7.11 Å². The summed E-state index contributed by atoms with van der Waals surface area (Å²) in [5.74, 6) is 0.863. The van der Waals surface area contributed by atoms with Crippen molar-refractivity contribution in [2.24, 2.45) is 0 Å². The van der Waals surface area contributed by atoms with Crippen LogP contribution in [0.3, 0.4) is 0 Å². The van der Waals surface area contributed by atoms with E-state index < -0.39 is 0 Å². The Morgan fingerprint density at radius 1 is 1.10 bits per heavy atom. The quantitative estimate of drug-likeness (QED) is 0.906. The second-order valence-electron chi connectivity index (χ2n) is 4.48. The van der Waals surface area contributed by atoms with Crippen molar-refractivity contribution in [3.8, 4) is 11.5 Å². The highest BCUT2D eigenvalue weighted by Gasteiger charge is 2.14. The van der Waals surface area contributed by atoms with Crippen molar-refractivity contribution in [1.82, 2.24) is 0 Å². The number of nitrogens with one attached hydrogen (secondary N) is 1. The van der Waals surface area contributed by atoms with E-state index in [9.17, 15) is 4.79 Å². The smallest absolute Gasteiger partial charge is 0.259 e. The zero-order valence-corrected chi connectivity index (χ0v) is 13.7. The molecule has 0 aromatic heterocycles. The van der Waals surface area contributed by atoms with Gasteiger partial charge in [-0.05, 0) is 48.9 Å². The number of amides is 1. The van der Waals surface area contributed by atoms with E-state index >= 15 is 0 Å². The van der Waals surface area contributed by atoms with Crippen LogP contribution in [0.5, 0.6) is 11.5 Å². The van der Waals surface area contributed by atoms with E-state index in [4.69, 9.17) is 9.47 Å². The highest BCUT2D eigenvalue weighted by Crippen LogP contribution is 2.26. The molecule has 0 aliphatic carbocycles. The SMILES string of the molecule is COc1ccc(OC)c(C(=O)Nc2ccc(Br)c(C)c2)c1. The fourth-order valence-electron chi connectivity index (χ4n) is 1.91. The summed E-state index contributed by atoms with van der Waals surface area (Å²) in [6.07, 6.45) is 0. The monoisotopic (exact) mass is 349 g/mol. The van der Waals surface area contributed by atoms with Crippen LogP contribution in [0, 0.1) is 6.92 Å². The maximum atomic E-state index is 12.4. The Labute approximate surface area is 132 Å². The minimum Gasteiger partial charge on any atom is -0.497 e. The van der Waals surface area contributed by atoms with Gasteiger partial charge in [0.05, 0.1) is 19.8 Å². The molecule has 0 fully saturated rings. The van der Waals surface area contributed by atoms with Gasteiger partial charge in [0, 0.05) is 10.2 Å². The van der Waals surface area contributed by atoms with E-state index in [1.807, 2.05) is 25.1 Å². The van der Waals surface area contributed by atoms with Gasteiger partial charge in [-0.25, -0.2) is 0 Å². The summed E-state index contributed by atoms with van der Waals surface area (Å²) in [4.78, 5) is 12.4. The van der Waals surface area contributed by atoms with Crippen LogP contribution in [0.25, 0.3) is 0 Å². The number of carbonyl (C=O) groups is 1. The second-order valence-corrected chi connectivity index (χ2v) is 5.34. The van der Waals surface area contributed by atoms with Gasteiger partial charge in [0.25, 0.3) is 5.91 Å². The zero-order valence-electron chi connectivity index (χ0n) is 12.1. The zero-order chi connectivity index (χ0) is 15.4. The Morgan fingerprint density at radius 3 is 2.48 bits per heavy atom. The van der Waals surface area contributed by atoms with Crippen LogP contribution in [0.15, 0.2) is 40.9 Å². The van der Waals surface area contributed by atoms with Crippen LogP contribution in [-0.4, -0.2) is 20.1 Å². The standard InChI is InChI=1S/C16H16BrNO3/c1-10-8-11(4-6-14(10)17)18-16(19)13-9-12(20-2)5-7-15(13)21-3/h4-9H,1-3H3,(H,18,19). The number of hydrogen-bond donors (Lipinski definition) is 1. The van der Waals surface area contributed by atoms with E-state index in [1.54, 1.807) is 25.3 Å². The number of aryl methyl sites for hydroxylation is 1. The number of halogens is 1. The van der Waals surface area contributed by atoms with Crippen molar-refractivity contribution >= 4 is 27.5 Å². The van der Waals surface area contributed by atoms with Gasteiger partial charge in [-0.15, -0.1) is 0 Å². The van der Waals surface area contributed by atoms with E-state index in [-0.39, 0.29) is 5.91 Å². The molecule has 0 saturated heterocycles. The summed E-state index contributed by atoms with van der Waals surface area (Å²) in [5.41, 5.74) is 2.20. The summed E-state index contributed by atoms with van der Waals surface area (Å²) >= 11 is 3.43. The molecule has 1 N–H and O–H groups in total. The normalized spacial score (nSPS) is 10.1. The molecule has 0 bridgehead atoms. The molecule has 110 valence electrons. The molecule has 0 heterocycles. The van der Waals surface area contributed by atoms with Gasteiger partial charge in [-0.2, -0.15) is 0 Å². The van der Waals surface area contributed by atoms with Gasteiger partial charge in [0.15, 0.2) is 0 Å². The Morgan fingerprint density at radius 2 is 1.86 bits per heavy atom. The number of carbonyl (C=O) groups excluding carboxylic acids is 1. The summed E-state index contributed by atoms with van der Waals surface area (Å²) in [6.45, 7) is 1.96. The van der Waals surface area contributed by atoms with Gasteiger partial charge in [-0.3, -0.25) is 4.79 Å². The van der Waals surface area contributed by atoms with Gasteiger partial charge in [0.1, 0.15) is 11.5 Å². The Hall–Kier alpha value is -2.01. The highest BCUT2D eigenvalue weighted by molar-refractivity contribution is 9.10. The summed E-state index contributed by atoms with van der Waals surface area (Å²) in [6, 6.07) is 10.7. The first kappa shape index (κ1) is 15.4. The Balaban J connectivity index is 2.28. The molecule has 0 unspecified atom stereocenters. The first-order valence-electron chi connectivity index (χ1n) is 6.34. The molecular weight excluding hydrogens is 334 g/mol. The lowest BCUT2D eigenvalue weighted by Crippen LogP contribution is -2.13. The molecule has 0 aliphatic heterocycles. The first-order chi connectivity index (χ1) is 10.0. The van der Waals surface area contributed by atoms with Gasteiger partial charge < -0.3 is 14.8 Å². The predicted molar refractivity (Wildman–Crippen MR) is 86.4 cm³/mol. The number of hydrogen-bond acceptors (Lipinski definition) is 3. The third-order valence-corrected chi connectivity index (χ3v) is 3.96. The van der Waals surface area contributed by atoms with Crippen molar-refractivity contribution in [3.05, 3.63) is 52.0 Å². The minimum atomic E-state index is -0.243. The summed E-state index contributed by atoms with van der Waals surface area (Å²) < 4.78 is 11.4. The summed E-state index contributed by atoms with van der Waals surface area (Å²) in [5, 5.41) is 2.86. The van der Waals surface area contributed by atoms with Crippen molar-refractivity contribution in [1.29, 1.82) is 0 Å². The topological polar surface area (TPSA) is 47.6 Å². The number of ether oxygens (including phenoxy) is 2. The average molecular weight is 350 g/mol. The lowest BCUT2D eigenvalue weighted by molar-refractivity contribution is 0.102. The molecule has 2 rings (SSSR count). The molecule has 21 heavy (non-hydrogen) atoms. The molecule has 0 spiro atoms. The van der Waals surface area contributed by atoms with Crippen LogP contribution in [0.2, 0.25) is 0 Å².